The molecule has 96 valence electrons. The predicted molar refractivity (Wildman–Crippen MR) is 66.0 cm³/mol. The number of rotatable bonds is 6. The first kappa shape index (κ1) is 13.6. The molecule has 0 aliphatic rings. The Hall–Kier alpha value is -1.42. The van der Waals surface area contributed by atoms with Crippen LogP contribution in [-0.4, -0.2) is 26.4 Å². The Bertz CT molecular complexity index is 337. The molecule has 1 aromatic carbocycles. The van der Waals surface area contributed by atoms with E-state index in [-0.39, 0.29) is 0 Å². The molecule has 1 atom stereocenters. The molecule has 17 heavy (non-hydrogen) atoms. The highest BCUT2D eigenvalue weighted by Gasteiger charge is 2.19. The fourth-order valence-corrected chi connectivity index (χ4v) is 1.78. The summed E-state index contributed by atoms with van der Waals surface area (Å²) in [5.41, 5.74) is 0.678. The third-order valence-corrected chi connectivity index (χ3v) is 2.65. The van der Waals surface area contributed by atoms with Gasteiger partial charge in [0.25, 0.3) is 0 Å². The van der Waals surface area contributed by atoms with Crippen molar-refractivity contribution in [3.63, 3.8) is 0 Å². The van der Waals surface area contributed by atoms with Crippen molar-refractivity contribution >= 4 is 0 Å². The average molecular weight is 240 g/mol. The molecule has 4 heteroatoms. The van der Waals surface area contributed by atoms with E-state index >= 15 is 0 Å². The number of hydrogen-bond donors (Lipinski definition) is 1. The molecule has 1 unspecified atom stereocenters. The minimum Gasteiger partial charge on any atom is -0.496 e. The topological polar surface area (TPSA) is 47.9 Å². The quantitative estimate of drug-likeness (QED) is 0.830. The van der Waals surface area contributed by atoms with Gasteiger partial charge in [-0.1, -0.05) is 13.3 Å². The average Bonchev–Trinajstić information content (AvgIpc) is 2.37. The van der Waals surface area contributed by atoms with Gasteiger partial charge in [0.15, 0.2) is 0 Å². The highest BCUT2D eigenvalue weighted by Crippen LogP contribution is 2.39. The molecule has 0 heterocycles. The van der Waals surface area contributed by atoms with Gasteiger partial charge in [-0.2, -0.15) is 0 Å². The number of aliphatic hydroxyl groups excluding tert-OH is 1. The minimum absolute atomic E-state index is 0.585. The van der Waals surface area contributed by atoms with Gasteiger partial charge in [-0.05, 0) is 6.42 Å². The summed E-state index contributed by atoms with van der Waals surface area (Å²) in [6, 6.07) is 3.49. The molecule has 1 rings (SSSR count). The normalized spacial score (nSPS) is 12.1. The smallest absolute Gasteiger partial charge is 0.132 e. The molecule has 0 fully saturated rings. The summed E-state index contributed by atoms with van der Waals surface area (Å²) in [5.74, 6) is 1.82. The maximum absolute atomic E-state index is 10.1. The van der Waals surface area contributed by atoms with Crippen molar-refractivity contribution in [2.45, 2.75) is 25.9 Å². The molecule has 0 amide bonds. The van der Waals surface area contributed by atoms with Gasteiger partial charge in [-0.25, -0.2) is 0 Å². The Kier molecular flexibility index (Phi) is 5.10. The van der Waals surface area contributed by atoms with Gasteiger partial charge in [-0.3, -0.25) is 0 Å². The Morgan fingerprint density at radius 2 is 1.59 bits per heavy atom. The van der Waals surface area contributed by atoms with Gasteiger partial charge in [0, 0.05) is 12.1 Å². The zero-order valence-electron chi connectivity index (χ0n) is 10.8. The highest BCUT2D eigenvalue weighted by atomic mass is 16.5. The van der Waals surface area contributed by atoms with Gasteiger partial charge in [0.2, 0.25) is 0 Å². The lowest BCUT2D eigenvalue weighted by molar-refractivity contribution is 0.158. The summed E-state index contributed by atoms with van der Waals surface area (Å²) >= 11 is 0. The van der Waals surface area contributed by atoms with Crippen molar-refractivity contribution in [3.05, 3.63) is 17.7 Å². The summed E-state index contributed by atoms with van der Waals surface area (Å²) in [5, 5.41) is 10.1. The maximum Gasteiger partial charge on any atom is 0.132 e. The fourth-order valence-electron chi connectivity index (χ4n) is 1.78. The first-order valence-corrected chi connectivity index (χ1v) is 5.65. The molecule has 1 N–H and O–H groups in total. The molecule has 0 bridgehead atoms. The van der Waals surface area contributed by atoms with E-state index in [1.165, 1.54) is 0 Å². The number of hydrogen-bond acceptors (Lipinski definition) is 4. The van der Waals surface area contributed by atoms with Crippen LogP contribution in [0.4, 0.5) is 0 Å². The van der Waals surface area contributed by atoms with Gasteiger partial charge >= 0.3 is 0 Å². The van der Waals surface area contributed by atoms with Crippen molar-refractivity contribution in [3.8, 4) is 17.2 Å². The molecular weight excluding hydrogens is 220 g/mol. The van der Waals surface area contributed by atoms with Crippen molar-refractivity contribution in [1.82, 2.24) is 0 Å². The first-order valence-electron chi connectivity index (χ1n) is 5.65. The lowest BCUT2D eigenvalue weighted by Gasteiger charge is -2.18. The maximum atomic E-state index is 10.1. The van der Waals surface area contributed by atoms with Crippen LogP contribution in [0.5, 0.6) is 17.2 Å². The molecule has 0 aliphatic carbocycles. The van der Waals surface area contributed by atoms with Gasteiger partial charge < -0.3 is 19.3 Å². The lowest BCUT2D eigenvalue weighted by Crippen LogP contribution is -2.04. The van der Waals surface area contributed by atoms with Crippen LogP contribution in [0.15, 0.2) is 12.1 Å². The molecule has 0 saturated carbocycles. The summed E-state index contributed by atoms with van der Waals surface area (Å²) in [6.45, 7) is 2.02. The minimum atomic E-state index is -0.587. The molecular formula is C13H20O4. The van der Waals surface area contributed by atoms with Crippen LogP contribution in [0.3, 0.4) is 0 Å². The Balaban J connectivity index is 3.23. The van der Waals surface area contributed by atoms with Crippen LogP contribution in [0.25, 0.3) is 0 Å². The molecule has 0 aliphatic heterocycles. The van der Waals surface area contributed by atoms with Gasteiger partial charge in [-0.15, -0.1) is 0 Å². The summed E-state index contributed by atoms with van der Waals surface area (Å²) < 4.78 is 15.7. The fraction of sp³-hybridized carbons (Fsp3) is 0.538. The van der Waals surface area contributed by atoms with Gasteiger partial charge in [0.05, 0.1) is 33.0 Å². The van der Waals surface area contributed by atoms with E-state index in [0.717, 1.165) is 6.42 Å². The number of aliphatic hydroxyl groups is 1. The van der Waals surface area contributed by atoms with E-state index < -0.39 is 6.10 Å². The van der Waals surface area contributed by atoms with Crippen LogP contribution in [0.1, 0.15) is 31.4 Å². The van der Waals surface area contributed by atoms with Crippen LogP contribution >= 0.6 is 0 Å². The van der Waals surface area contributed by atoms with E-state index in [2.05, 4.69) is 0 Å². The second-order valence-electron chi connectivity index (χ2n) is 3.75. The van der Waals surface area contributed by atoms with E-state index in [1.54, 1.807) is 33.5 Å². The second kappa shape index (κ2) is 6.35. The summed E-state index contributed by atoms with van der Waals surface area (Å²) in [4.78, 5) is 0. The first-order chi connectivity index (χ1) is 8.17. The standard InChI is InChI=1S/C13H20O4/c1-5-6-10(14)13-11(16-3)7-9(15-2)8-12(13)17-4/h7-8,10,14H,5-6H2,1-4H3. The lowest BCUT2D eigenvalue weighted by atomic mass is 10.0. The largest absolute Gasteiger partial charge is 0.496 e. The molecule has 4 nitrogen and oxygen atoms in total. The van der Waals surface area contributed by atoms with Crippen molar-refractivity contribution in [1.29, 1.82) is 0 Å². The Labute approximate surface area is 102 Å². The van der Waals surface area contributed by atoms with Crippen LogP contribution in [-0.2, 0) is 0 Å². The molecule has 0 spiro atoms. The third-order valence-electron chi connectivity index (χ3n) is 2.65. The summed E-state index contributed by atoms with van der Waals surface area (Å²) in [6.07, 6.45) is 0.967. The third kappa shape index (κ3) is 3.03. The van der Waals surface area contributed by atoms with Crippen LogP contribution in [0.2, 0.25) is 0 Å². The monoisotopic (exact) mass is 240 g/mol. The predicted octanol–water partition coefficient (Wildman–Crippen LogP) is 2.55. The molecule has 0 aromatic heterocycles. The molecule has 0 radical (unpaired) electrons. The van der Waals surface area contributed by atoms with E-state index in [4.69, 9.17) is 14.2 Å². The number of benzene rings is 1. The van der Waals surface area contributed by atoms with Crippen LogP contribution in [0, 0.1) is 0 Å². The Morgan fingerprint density at radius 1 is 1.06 bits per heavy atom. The van der Waals surface area contributed by atoms with E-state index in [0.29, 0.717) is 29.2 Å². The van der Waals surface area contributed by atoms with Crippen LogP contribution < -0.4 is 14.2 Å². The number of methoxy groups -OCH3 is 3. The van der Waals surface area contributed by atoms with E-state index in [1.807, 2.05) is 6.92 Å². The Morgan fingerprint density at radius 3 is 1.94 bits per heavy atom. The molecule has 1 aromatic rings. The zero-order valence-corrected chi connectivity index (χ0v) is 10.8. The SMILES string of the molecule is CCCC(O)c1c(OC)cc(OC)cc1OC. The van der Waals surface area contributed by atoms with Gasteiger partial charge in [0.1, 0.15) is 17.2 Å². The van der Waals surface area contributed by atoms with E-state index in [9.17, 15) is 5.11 Å². The number of ether oxygens (including phenoxy) is 3. The second-order valence-corrected chi connectivity index (χ2v) is 3.75. The van der Waals surface area contributed by atoms with Crippen molar-refractivity contribution in [2.75, 3.05) is 21.3 Å². The highest BCUT2D eigenvalue weighted by molar-refractivity contribution is 5.51. The summed E-state index contributed by atoms with van der Waals surface area (Å²) in [7, 11) is 4.71. The van der Waals surface area contributed by atoms with Crippen molar-refractivity contribution < 1.29 is 19.3 Å². The molecule has 0 saturated heterocycles. The van der Waals surface area contributed by atoms with Crippen molar-refractivity contribution in [2.24, 2.45) is 0 Å². The zero-order chi connectivity index (χ0) is 12.8.